The van der Waals surface area contributed by atoms with Crippen molar-refractivity contribution >= 4 is 15.9 Å². The number of likely N-dealkylation sites (tertiary alicyclic amines) is 1. The molecule has 0 spiro atoms. The van der Waals surface area contributed by atoms with Crippen molar-refractivity contribution in [1.82, 2.24) is 14.5 Å². The molecule has 7 heteroatoms. The molecule has 0 radical (unpaired) electrons. The van der Waals surface area contributed by atoms with Crippen LogP contribution in [0.1, 0.15) is 34.3 Å². The minimum atomic E-state index is -3.58. The summed E-state index contributed by atoms with van der Waals surface area (Å²) in [5, 5.41) is 3.04. The standard InChI is InChI=1S/C17H27N3O3S/c1-12-10-14(11-16(13(12)2)24(22,23)19(3)4)17(21)18-15-6-8-20(5)9-7-15/h10-11,15H,6-9H2,1-5H3,(H,18,21). The zero-order valence-corrected chi connectivity index (χ0v) is 15.9. The number of benzene rings is 1. The number of amides is 1. The molecule has 0 bridgehead atoms. The molecular weight excluding hydrogens is 326 g/mol. The summed E-state index contributed by atoms with van der Waals surface area (Å²) in [5.41, 5.74) is 1.88. The van der Waals surface area contributed by atoms with Crippen molar-refractivity contribution in [3.8, 4) is 0 Å². The molecule has 0 aliphatic carbocycles. The highest BCUT2D eigenvalue weighted by atomic mass is 32.2. The number of carbonyl (C=O) groups is 1. The summed E-state index contributed by atoms with van der Waals surface area (Å²) in [4.78, 5) is 15.0. The third-order valence-corrected chi connectivity index (χ3v) is 6.64. The number of rotatable bonds is 4. The number of nitrogens with zero attached hydrogens (tertiary/aromatic N) is 2. The van der Waals surface area contributed by atoms with E-state index in [1.54, 1.807) is 13.0 Å². The Morgan fingerprint density at radius 3 is 2.33 bits per heavy atom. The second-order valence-corrected chi connectivity index (χ2v) is 8.87. The van der Waals surface area contributed by atoms with Crippen LogP contribution in [0.15, 0.2) is 17.0 Å². The van der Waals surface area contributed by atoms with Gasteiger partial charge in [0.1, 0.15) is 0 Å². The lowest BCUT2D eigenvalue weighted by Gasteiger charge is -2.29. The van der Waals surface area contributed by atoms with Gasteiger partial charge in [-0.15, -0.1) is 0 Å². The SMILES string of the molecule is Cc1cc(C(=O)NC2CCN(C)CC2)cc(S(=O)(=O)N(C)C)c1C. The van der Waals surface area contributed by atoms with Gasteiger partial charge in [-0.25, -0.2) is 12.7 Å². The average molecular weight is 353 g/mol. The largest absolute Gasteiger partial charge is 0.349 e. The number of carbonyl (C=O) groups excluding carboxylic acids is 1. The fraction of sp³-hybridized carbons (Fsp3) is 0.588. The minimum Gasteiger partial charge on any atom is -0.349 e. The first-order valence-electron chi connectivity index (χ1n) is 8.16. The van der Waals surface area contributed by atoms with Gasteiger partial charge >= 0.3 is 0 Å². The number of aryl methyl sites for hydroxylation is 1. The van der Waals surface area contributed by atoms with Crippen LogP contribution >= 0.6 is 0 Å². The van der Waals surface area contributed by atoms with E-state index in [0.29, 0.717) is 11.1 Å². The zero-order chi connectivity index (χ0) is 18.1. The fourth-order valence-corrected chi connectivity index (χ4v) is 4.06. The Morgan fingerprint density at radius 1 is 1.21 bits per heavy atom. The molecule has 1 aromatic carbocycles. The van der Waals surface area contributed by atoms with E-state index < -0.39 is 10.0 Å². The van der Waals surface area contributed by atoms with Gasteiger partial charge in [0.15, 0.2) is 0 Å². The van der Waals surface area contributed by atoms with Crippen molar-refractivity contribution < 1.29 is 13.2 Å². The van der Waals surface area contributed by atoms with Crippen molar-refractivity contribution in [2.45, 2.75) is 37.6 Å². The van der Waals surface area contributed by atoms with Gasteiger partial charge in [0.2, 0.25) is 10.0 Å². The lowest BCUT2D eigenvalue weighted by molar-refractivity contribution is 0.0916. The Morgan fingerprint density at radius 2 is 1.79 bits per heavy atom. The van der Waals surface area contributed by atoms with Crippen LogP contribution < -0.4 is 5.32 Å². The zero-order valence-electron chi connectivity index (χ0n) is 15.1. The second kappa shape index (κ2) is 7.21. The lowest BCUT2D eigenvalue weighted by atomic mass is 10.0. The van der Waals surface area contributed by atoms with Crippen molar-refractivity contribution in [3.63, 3.8) is 0 Å². The van der Waals surface area contributed by atoms with E-state index in [-0.39, 0.29) is 16.8 Å². The predicted molar refractivity (Wildman–Crippen MR) is 94.8 cm³/mol. The number of hydrogen-bond donors (Lipinski definition) is 1. The van der Waals surface area contributed by atoms with E-state index in [1.165, 1.54) is 24.5 Å². The van der Waals surface area contributed by atoms with E-state index in [9.17, 15) is 13.2 Å². The first kappa shape index (κ1) is 18.9. The molecule has 134 valence electrons. The van der Waals surface area contributed by atoms with E-state index in [4.69, 9.17) is 0 Å². The molecule has 1 aromatic rings. The maximum Gasteiger partial charge on any atom is 0.251 e. The first-order chi connectivity index (χ1) is 11.1. The molecule has 1 saturated heterocycles. The average Bonchev–Trinajstić information content (AvgIpc) is 2.51. The molecule has 0 aromatic heterocycles. The fourth-order valence-electron chi connectivity index (χ4n) is 2.84. The Bertz CT molecular complexity index is 721. The summed E-state index contributed by atoms with van der Waals surface area (Å²) in [5.74, 6) is -0.206. The van der Waals surface area contributed by atoms with Gasteiger partial charge in [-0.3, -0.25) is 4.79 Å². The van der Waals surface area contributed by atoms with Crippen molar-refractivity contribution in [1.29, 1.82) is 0 Å². The van der Waals surface area contributed by atoms with Crippen LogP contribution in [0.4, 0.5) is 0 Å². The molecule has 24 heavy (non-hydrogen) atoms. The molecule has 1 aliphatic rings. The van der Waals surface area contributed by atoms with Crippen LogP contribution in [-0.2, 0) is 10.0 Å². The molecule has 2 rings (SSSR count). The van der Waals surface area contributed by atoms with E-state index >= 15 is 0 Å². The summed E-state index contributed by atoms with van der Waals surface area (Å²) in [6.45, 7) is 5.51. The van der Waals surface area contributed by atoms with Gasteiger partial charge in [-0.05, 0) is 70.1 Å². The molecule has 6 nitrogen and oxygen atoms in total. The number of nitrogens with one attached hydrogen (secondary N) is 1. The number of sulfonamides is 1. The summed E-state index contributed by atoms with van der Waals surface area (Å²) in [6, 6.07) is 3.39. The third-order valence-electron chi connectivity index (χ3n) is 4.69. The Hall–Kier alpha value is -1.44. The van der Waals surface area contributed by atoms with Gasteiger partial charge in [0.25, 0.3) is 5.91 Å². The molecular formula is C17H27N3O3S. The molecule has 1 aliphatic heterocycles. The molecule has 1 fully saturated rings. The summed E-state index contributed by atoms with van der Waals surface area (Å²) in [7, 11) is 1.48. The number of piperidine rings is 1. The summed E-state index contributed by atoms with van der Waals surface area (Å²) >= 11 is 0. The molecule has 0 unspecified atom stereocenters. The van der Waals surface area contributed by atoms with Crippen LogP contribution in [-0.4, -0.2) is 63.8 Å². The Kier molecular flexibility index (Phi) is 5.67. The smallest absolute Gasteiger partial charge is 0.251 e. The van der Waals surface area contributed by atoms with Crippen molar-refractivity contribution in [3.05, 3.63) is 28.8 Å². The second-order valence-electron chi connectivity index (χ2n) is 6.75. The quantitative estimate of drug-likeness (QED) is 0.888. The Labute approximate surface area is 144 Å². The summed E-state index contributed by atoms with van der Waals surface area (Å²) < 4.78 is 26.2. The van der Waals surface area contributed by atoms with Crippen LogP contribution in [0, 0.1) is 13.8 Å². The predicted octanol–water partition coefficient (Wildman–Crippen LogP) is 1.38. The highest BCUT2D eigenvalue weighted by molar-refractivity contribution is 7.89. The molecule has 0 atom stereocenters. The number of hydrogen-bond acceptors (Lipinski definition) is 4. The minimum absolute atomic E-state index is 0.143. The molecule has 1 amide bonds. The van der Waals surface area contributed by atoms with E-state index in [2.05, 4.69) is 17.3 Å². The highest BCUT2D eigenvalue weighted by Crippen LogP contribution is 2.23. The maximum absolute atomic E-state index is 12.6. The Balaban J connectivity index is 2.28. The molecule has 1 N–H and O–H groups in total. The van der Waals surface area contributed by atoms with E-state index in [1.807, 2.05) is 6.92 Å². The van der Waals surface area contributed by atoms with Gasteiger partial charge in [0.05, 0.1) is 4.90 Å². The third kappa shape index (κ3) is 3.96. The van der Waals surface area contributed by atoms with Crippen LogP contribution in [0.25, 0.3) is 0 Å². The van der Waals surface area contributed by atoms with Gasteiger partial charge < -0.3 is 10.2 Å². The highest BCUT2D eigenvalue weighted by Gasteiger charge is 2.24. The van der Waals surface area contributed by atoms with Crippen LogP contribution in [0.5, 0.6) is 0 Å². The lowest BCUT2D eigenvalue weighted by Crippen LogP contribution is -2.43. The van der Waals surface area contributed by atoms with Crippen LogP contribution in [0.3, 0.4) is 0 Å². The van der Waals surface area contributed by atoms with Gasteiger partial charge in [-0.1, -0.05) is 0 Å². The molecule has 0 saturated carbocycles. The molecule has 1 heterocycles. The topological polar surface area (TPSA) is 69.7 Å². The normalized spacial score (nSPS) is 17.2. The van der Waals surface area contributed by atoms with Crippen LogP contribution in [0.2, 0.25) is 0 Å². The first-order valence-corrected chi connectivity index (χ1v) is 9.60. The summed E-state index contributed by atoms with van der Waals surface area (Å²) in [6.07, 6.45) is 1.83. The van der Waals surface area contributed by atoms with E-state index in [0.717, 1.165) is 31.5 Å². The van der Waals surface area contributed by atoms with Crippen molar-refractivity contribution in [2.24, 2.45) is 0 Å². The van der Waals surface area contributed by atoms with Crippen molar-refractivity contribution in [2.75, 3.05) is 34.2 Å². The van der Waals surface area contributed by atoms with Gasteiger partial charge in [-0.2, -0.15) is 0 Å². The van der Waals surface area contributed by atoms with Gasteiger partial charge in [0, 0.05) is 25.7 Å². The maximum atomic E-state index is 12.6. The monoisotopic (exact) mass is 353 g/mol.